The molecule has 3 heteroatoms. The molecule has 0 bridgehead atoms. The SMILES string of the molecule is COC(=O)Cc1cccc([C@@H](C)[C@@H](C)N[C@H](C)c2ccccc2)c1. The van der Waals surface area contributed by atoms with Crippen LogP contribution in [0, 0.1) is 0 Å². The molecule has 2 aromatic rings. The Labute approximate surface area is 145 Å². The van der Waals surface area contributed by atoms with E-state index in [1.807, 2.05) is 18.2 Å². The Morgan fingerprint density at radius 2 is 1.67 bits per heavy atom. The van der Waals surface area contributed by atoms with Gasteiger partial charge in [0.15, 0.2) is 0 Å². The second kappa shape index (κ2) is 8.65. The number of hydrogen-bond donors (Lipinski definition) is 1. The zero-order valence-electron chi connectivity index (χ0n) is 15.0. The van der Waals surface area contributed by atoms with E-state index in [-0.39, 0.29) is 5.97 Å². The van der Waals surface area contributed by atoms with Gasteiger partial charge in [-0.25, -0.2) is 0 Å². The topological polar surface area (TPSA) is 38.3 Å². The van der Waals surface area contributed by atoms with Gasteiger partial charge in [0.05, 0.1) is 13.5 Å². The van der Waals surface area contributed by atoms with Gasteiger partial charge in [-0.15, -0.1) is 0 Å². The van der Waals surface area contributed by atoms with Crippen LogP contribution in [0.15, 0.2) is 54.6 Å². The molecule has 0 radical (unpaired) electrons. The highest BCUT2D eigenvalue weighted by Crippen LogP contribution is 2.23. The maximum absolute atomic E-state index is 11.5. The number of carbonyl (C=O) groups is 1. The first-order chi connectivity index (χ1) is 11.5. The molecular formula is C21H27NO2. The van der Waals surface area contributed by atoms with Gasteiger partial charge >= 0.3 is 5.97 Å². The first-order valence-electron chi connectivity index (χ1n) is 8.48. The summed E-state index contributed by atoms with van der Waals surface area (Å²) >= 11 is 0. The van der Waals surface area contributed by atoms with Crippen molar-refractivity contribution in [3.8, 4) is 0 Å². The van der Waals surface area contributed by atoms with Crippen molar-refractivity contribution in [2.24, 2.45) is 0 Å². The number of benzene rings is 2. The molecule has 0 fully saturated rings. The Kier molecular flexibility index (Phi) is 6.56. The standard InChI is InChI=1S/C21H27NO2/c1-15(16(2)22-17(3)19-10-6-5-7-11-19)20-12-8-9-18(13-20)14-21(23)24-4/h5-13,15-17,22H,14H2,1-4H3/t15-,16+,17+/m0/s1. The Morgan fingerprint density at radius 3 is 2.33 bits per heavy atom. The lowest BCUT2D eigenvalue weighted by Crippen LogP contribution is -2.33. The summed E-state index contributed by atoms with van der Waals surface area (Å²) in [5, 5.41) is 3.67. The Morgan fingerprint density at radius 1 is 1.00 bits per heavy atom. The molecular weight excluding hydrogens is 298 g/mol. The number of nitrogens with one attached hydrogen (secondary N) is 1. The minimum atomic E-state index is -0.205. The number of rotatable bonds is 7. The van der Waals surface area contributed by atoms with Gasteiger partial charge in [-0.3, -0.25) is 4.79 Å². The molecule has 0 spiro atoms. The van der Waals surface area contributed by atoms with Crippen LogP contribution in [-0.2, 0) is 16.0 Å². The molecule has 0 aromatic heterocycles. The summed E-state index contributed by atoms with van der Waals surface area (Å²) in [7, 11) is 1.42. The van der Waals surface area contributed by atoms with Crippen LogP contribution in [0.4, 0.5) is 0 Å². The molecule has 2 rings (SSSR count). The van der Waals surface area contributed by atoms with Crippen molar-refractivity contribution in [1.29, 1.82) is 0 Å². The molecule has 24 heavy (non-hydrogen) atoms. The van der Waals surface area contributed by atoms with E-state index in [0.29, 0.717) is 24.4 Å². The van der Waals surface area contributed by atoms with Gasteiger partial charge in [0.1, 0.15) is 0 Å². The molecule has 2 aromatic carbocycles. The Hall–Kier alpha value is -2.13. The first kappa shape index (κ1) is 18.2. The van der Waals surface area contributed by atoms with Crippen molar-refractivity contribution in [3.05, 3.63) is 71.3 Å². The van der Waals surface area contributed by atoms with Crippen LogP contribution >= 0.6 is 0 Å². The van der Waals surface area contributed by atoms with Crippen LogP contribution in [-0.4, -0.2) is 19.1 Å². The monoisotopic (exact) mass is 325 g/mol. The molecule has 0 aliphatic rings. The van der Waals surface area contributed by atoms with Crippen LogP contribution in [0.5, 0.6) is 0 Å². The number of esters is 1. The van der Waals surface area contributed by atoms with Gasteiger partial charge in [0.25, 0.3) is 0 Å². The fraction of sp³-hybridized carbons (Fsp3) is 0.381. The largest absolute Gasteiger partial charge is 0.469 e. The van der Waals surface area contributed by atoms with Gasteiger partial charge < -0.3 is 10.1 Å². The number of methoxy groups -OCH3 is 1. The third-order valence-corrected chi connectivity index (χ3v) is 4.62. The summed E-state index contributed by atoms with van der Waals surface area (Å²) in [5.41, 5.74) is 3.52. The third-order valence-electron chi connectivity index (χ3n) is 4.62. The van der Waals surface area contributed by atoms with E-state index in [1.165, 1.54) is 18.2 Å². The molecule has 0 saturated heterocycles. The highest BCUT2D eigenvalue weighted by Gasteiger charge is 2.17. The highest BCUT2D eigenvalue weighted by molar-refractivity contribution is 5.72. The summed E-state index contributed by atoms with van der Waals surface area (Å²) in [6.07, 6.45) is 0.319. The highest BCUT2D eigenvalue weighted by atomic mass is 16.5. The molecule has 0 heterocycles. The first-order valence-corrected chi connectivity index (χ1v) is 8.48. The van der Waals surface area contributed by atoms with E-state index in [9.17, 15) is 4.79 Å². The molecule has 1 N–H and O–H groups in total. The second-order valence-corrected chi connectivity index (χ2v) is 6.37. The number of ether oxygens (including phenoxy) is 1. The van der Waals surface area contributed by atoms with Gasteiger partial charge in [-0.05, 0) is 36.5 Å². The molecule has 0 aliphatic carbocycles. The molecule has 3 nitrogen and oxygen atoms in total. The average Bonchev–Trinajstić information content (AvgIpc) is 2.61. The molecule has 0 amide bonds. The molecule has 128 valence electrons. The zero-order valence-corrected chi connectivity index (χ0v) is 15.0. The maximum atomic E-state index is 11.5. The van der Waals surface area contributed by atoms with Crippen molar-refractivity contribution >= 4 is 5.97 Å². The van der Waals surface area contributed by atoms with Crippen LogP contribution in [0.3, 0.4) is 0 Å². The summed E-state index contributed by atoms with van der Waals surface area (Å²) < 4.78 is 4.75. The van der Waals surface area contributed by atoms with E-state index in [4.69, 9.17) is 4.74 Å². The van der Waals surface area contributed by atoms with Gasteiger partial charge in [0.2, 0.25) is 0 Å². The van der Waals surface area contributed by atoms with E-state index in [2.05, 4.69) is 62.5 Å². The number of carbonyl (C=O) groups excluding carboxylic acids is 1. The summed E-state index contributed by atoms with van der Waals surface area (Å²) in [5.74, 6) is 0.137. The summed E-state index contributed by atoms with van der Waals surface area (Å²) in [6.45, 7) is 6.61. The van der Waals surface area contributed by atoms with Crippen LogP contribution in [0.1, 0.15) is 49.4 Å². The fourth-order valence-electron chi connectivity index (χ4n) is 2.89. The van der Waals surface area contributed by atoms with Crippen LogP contribution in [0.25, 0.3) is 0 Å². The number of hydrogen-bond acceptors (Lipinski definition) is 3. The van der Waals surface area contributed by atoms with E-state index >= 15 is 0 Å². The molecule has 0 unspecified atom stereocenters. The van der Waals surface area contributed by atoms with E-state index < -0.39 is 0 Å². The molecule has 0 saturated carbocycles. The normalized spacial score (nSPS) is 14.7. The Balaban J connectivity index is 2.03. The summed E-state index contributed by atoms with van der Waals surface area (Å²) in [4.78, 5) is 11.5. The lowest BCUT2D eigenvalue weighted by molar-refractivity contribution is -0.139. The average molecular weight is 325 g/mol. The second-order valence-electron chi connectivity index (χ2n) is 6.37. The van der Waals surface area contributed by atoms with Crippen molar-refractivity contribution in [2.45, 2.75) is 45.2 Å². The van der Waals surface area contributed by atoms with E-state index in [0.717, 1.165) is 5.56 Å². The third kappa shape index (κ3) is 4.93. The maximum Gasteiger partial charge on any atom is 0.309 e. The van der Waals surface area contributed by atoms with Crippen molar-refractivity contribution in [1.82, 2.24) is 5.32 Å². The lowest BCUT2D eigenvalue weighted by atomic mass is 9.91. The van der Waals surface area contributed by atoms with Crippen molar-refractivity contribution in [2.75, 3.05) is 7.11 Å². The predicted molar refractivity (Wildman–Crippen MR) is 98.0 cm³/mol. The quantitative estimate of drug-likeness (QED) is 0.774. The molecule has 0 aliphatic heterocycles. The summed E-state index contributed by atoms with van der Waals surface area (Å²) in [6, 6.07) is 19.3. The van der Waals surface area contributed by atoms with E-state index in [1.54, 1.807) is 0 Å². The van der Waals surface area contributed by atoms with Crippen LogP contribution < -0.4 is 5.32 Å². The minimum absolute atomic E-state index is 0.205. The van der Waals surface area contributed by atoms with Gasteiger partial charge in [-0.1, -0.05) is 61.5 Å². The molecule has 3 atom stereocenters. The minimum Gasteiger partial charge on any atom is -0.469 e. The zero-order chi connectivity index (χ0) is 17.5. The van der Waals surface area contributed by atoms with Gasteiger partial charge in [-0.2, -0.15) is 0 Å². The van der Waals surface area contributed by atoms with Crippen molar-refractivity contribution < 1.29 is 9.53 Å². The van der Waals surface area contributed by atoms with Crippen molar-refractivity contribution in [3.63, 3.8) is 0 Å². The van der Waals surface area contributed by atoms with Gasteiger partial charge in [0, 0.05) is 12.1 Å². The predicted octanol–water partition coefficient (Wildman–Crippen LogP) is 4.24. The lowest BCUT2D eigenvalue weighted by Gasteiger charge is -2.26. The van der Waals surface area contributed by atoms with Crippen LogP contribution in [0.2, 0.25) is 0 Å². The fourth-order valence-corrected chi connectivity index (χ4v) is 2.89. The Bertz CT molecular complexity index is 654. The smallest absolute Gasteiger partial charge is 0.309 e.